The van der Waals surface area contributed by atoms with E-state index in [1.807, 2.05) is 13.8 Å². The first-order chi connectivity index (χ1) is 7.90. The molecule has 94 valence electrons. The van der Waals surface area contributed by atoms with E-state index in [2.05, 4.69) is 5.32 Å². The smallest absolute Gasteiger partial charge is 0.242 e. The number of rotatable bonds is 5. The van der Waals surface area contributed by atoms with Gasteiger partial charge in [-0.05, 0) is 38.0 Å². The minimum atomic E-state index is -0.914. The summed E-state index contributed by atoms with van der Waals surface area (Å²) in [5.41, 5.74) is 5.32. The zero-order chi connectivity index (χ0) is 13.1. The molecule has 0 aliphatic heterocycles. The fraction of sp³-hybridized carbons (Fsp3) is 0.462. The molecule has 2 atom stereocenters. The molecule has 0 fully saturated rings. The maximum Gasteiger partial charge on any atom is 0.242 e. The largest absolute Gasteiger partial charge is 0.508 e. The van der Waals surface area contributed by atoms with E-state index in [4.69, 9.17) is 5.73 Å². The van der Waals surface area contributed by atoms with Crippen LogP contribution in [-0.4, -0.2) is 17.1 Å². The summed E-state index contributed by atoms with van der Waals surface area (Å²) in [7, 11) is 0. The van der Waals surface area contributed by atoms with Crippen LogP contribution in [0.2, 0.25) is 0 Å². The van der Waals surface area contributed by atoms with Crippen molar-refractivity contribution >= 4 is 5.91 Å². The summed E-state index contributed by atoms with van der Waals surface area (Å²) in [5.74, 6) is -0.257. The van der Waals surface area contributed by atoms with Gasteiger partial charge in [-0.3, -0.25) is 10.1 Å². The molecule has 1 rings (SSSR count). The van der Waals surface area contributed by atoms with E-state index in [1.54, 1.807) is 31.2 Å². The Morgan fingerprint density at radius 1 is 1.47 bits per heavy atom. The lowest BCUT2D eigenvalue weighted by molar-refractivity contribution is -0.124. The number of amides is 1. The number of benzene rings is 1. The fourth-order valence-corrected chi connectivity index (χ4v) is 1.69. The maximum atomic E-state index is 11.7. The second-order valence-corrected chi connectivity index (χ2v) is 4.49. The quantitative estimate of drug-likeness (QED) is 0.725. The van der Waals surface area contributed by atoms with E-state index >= 15 is 0 Å². The van der Waals surface area contributed by atoms with Crippen LogP contribution in [-0.2, 0) is 10.3 Å². The van der Waals surface area contributed by atoms with Gasteiger partial charge in [0.25, 0.3) is 0 Å². The summed E-state index contributed by atoms with van der Waals surface area (Å²) in [6.07, 6.45) is 0.904. The molecular weight excluding hydrogens is 216 g/mol. The van der Waals surface area contributed by atoms with Gasteiger partial charge in [-0.1, -0.05) is 19.1 Å². The van der Waals surface area contributed by atoms with Crippen LogP contribution in [0.4, 0.5) is 0 Å². The predicted octanol–water partition coefficient (Wildman–Crippen LogP) is 1.48. The number of carbonyl (C=O) groups excluding carboxylic acids is 1. The highest BCUT2D eigenvalue weighted by Crippen LogP contribution is 2.23. The van der Waals surface area contributed by atoms with Gasteiger partial charge in [0.1, 0.15) is 11.3 Å². The maximum absolute atomic E-state index is 11.7. The third-order valence-corrected chi connectivity index (χ3v) is 3.08. The normalized spacial score (nSPS) is 16.2. The van der Waals surface area contributed by atoms with Gasteiger partial charge < -0.3 is 10.8 Å². The average molecular weight is 236 g/mol. The van der Waals surface area contributed by atoms with Gasteiger partial charge in [0, 0.05) is 6.04 Å². The van der Waals surface area contributed by atoms with Crippen LogP contribution >= 0.6 is 0 Å². The Labute approximate surface area is 102 Å². The van der Waals surface area contributed by atoms with E-state index in [1.165, 1.54) is 0 Å². The van der Waals surface area contributed by atoms with Crippen LogP contribution in [0, 0.1) is 0 Å². The van der Waals surface area contributed by atoms with E-state index in [9.17, 15) is 9.90 Å². The molecule has 1 aromatic rings. The highest BCUT2D eigenvalue weighted by molar-refractivity contribution is 5.85. The second-order valence-electron chi connectivity index (χ2n) is 4.49. The molecule has 1 amide bonds. The Balaban J connectivity index is 3.07. The van der Waals surface area contributed by atoms with Crippen molar-refractivity contribution in [2.45, 2.75) is 38.8 Å². The van der Waals surface area contributed by atoms with Gasteiger partial charge in [-0.15, -0.1) is 0 Å². The molecule has 0 radical (unpaired) electrons. The van der Waals surface area contributed by atoms with Crippen LogP contribution in [0.15, 0.2) is 24.3 Å². The molecule has 0 saturated heterocycles. The van der Waals surface area contributed by atoms with Crippen molar-refractivity contribution in [3.05, 3.63) is 29.8 Å². The number of carbonyl (C=O) groups is 1. The van der Waals surface area contributed by atoms with Crippen LogP contribution in [0.1, 0.15) is 32.8 Å². The van der Waals surface area contributed by atoms with Gasteiger partial charge in [-0.2, -0.15) is 0 Å². The van der Waals surface area contributed by atoms with Crippen molar-refractivity contribution in [3.63, 3.8) is 0 Å². The zero-order valence-corrected chi connectivity index (χ0v) is 10.5. The summed E-state index contributed by atoms with van der Waals surface area (Å²) >= 11 is 0. The number of primary amides is 1. The molecule has 0 aliphatic rings. The average Bonchev–Trinajstić information content (AvgIpc) is 2.29. The lowest BCUT2D eigenvalue weighted by Crippen LogP contribution is -2.53. The SMILES string of the molecule is CCC(C)NC(C)(C(N)=O)c1ccc(O)cc1. The van der Waals surface area contributed by atoms with E-state index in [-0.39, 0.29) is 11.8 Å². The van der Waals surface area contributed by atoms with Crippen molar-refractivity contribution in [1.82, 2.24) is 5.32 Å². The summed E-state index contributed by atoms with van der Waals surface area (Å²) in [4.78, 5) is 11.7. The molecule has 4 heteroatoms. The lowest BCUT2D eigenvalue weighted by Gasteiger charge is -2.31. The molecule has 0 heterocycles. The van der Waals surface area contributed by atoms with Gasteiger partial charge in [0.2, 0.25) is 5.91 Å². The first-order valence-corrected chi connectivity index (χ1v) is 5.77. The van der Waals surface area contributed by atoms with Crippen molar-refractivity contribution in [1.29, 1.82) is 0 Å². The monoisotopic (exact) mass is 236 g/mol. The molecule has 0 aromatic heterocycles. The van der Waals surface area contributed by atoms with Gasteiger partial charge >= 0.3 is 0 Å². The number of nitrogens with one attached hydrogen (secondary N) is 1. The van der Waals surface area contributed by atoms with Crippen LogP contribution in [0.25, 0.3) is 0 Å². The molecule has 17 heavy (non-hydrogen) atoms. The van der Waals surface area contributed by atoms with E-state index in [0.29, 0.717) is 0 Å². The standard InChI is InChI=1S/C13H20N2O2/c1-4-9(2)15-13(3,12(14)17)10-5-7-11(16)8-6-10/h5-9,15-16H,4H2,1-3H3,(H2,14,17). The summed E-state index contributed by atoms with van der Waals surface area (Å²) in [6.45, 7) is 5.80. The van der Waals surface area contributed by atoms with Crippen molar-refractivity contribution in [3.8, 4) is 5.75 Å². The fourth-order valence-electron chi connectivity index (χ4n) is 1.69. The Morgan fingerprint density at radius 3 is 2.41 bits per heavy atom. The minimum Gasteiger partial charge on any atom is -0.508 e. The highest BCUT2D eigenvalue weighted by atomic mass is 16.3. The van der Waals surface area contributed by atoms with Crippen LogP contribution in [0.3, 0.4) is 0 Å². The van der Waals surface area contributed by atoms with Crippen molar-refractivity contribution in [2.75, 3.05) is 0 Å². The molecule has 0 bridgehead atoms. The first-order valence-electron chi connectivity index (χ1n) is 5.77. The summed E-state index contributed by atoms with van der Waals surface area (Å²) in [5, 5.41) is 12.5. The van der Waals surface area contributed by atoms with Gasteiger partial charge in [0.15, 0.2) is 0 Å². The Hall–Kier alpha value is -1.55. The summed E-state index contributed by atoms with van der Waals surface area (Å²) < 4.78 is 0. The molecular formula is C13H20N2O2. The predicted molar refractivity (Wildman–Crippen MR) is 67.5 cm³/mol. The number of aromatic hydroxyl groups is 1. The molecule has 1 aromatic carbocycles. The number of phenolic OH excluding ortho intramolecular Hbond substituents is 1. The molecule has 0 saturated carbocycles. The van der Waals surface area contributed by atoms with E-state index in [0.717, 1.165) is 12.0 Å². The molecule has 4 N–H and O–H groups in total. The van der Waals surface area contributed by atoms with E-state index < -0.39 is 11.4 Å². The Kier molecular flexibility index (Phi) is 4.12. The van der Waals surface area contributed by atoms with Gasteiger partial charge in [0.05, 0.1) is 0 Å². The number of phenols is 1. The number of hydrogen-bond donors (Lipinski definition) is 3. The molecule has 0 aliphatic carbocycles. The Morgan fingerprint density at radius 2 is 2.00 bits per heavy atom. The number of hydrogen-bond acceptors (Lipinski definition) is 3. The molecule has 0 spiro atoms. The minimum absolute atomic E-state index is 0.170. The molecule has 2 unspecified atom stereocenters. The third kappa shape index (κ3) is 2.97. The topological polar surface area (TPSA) is 75.3 Å². The number of nitrogens with two attached hydrogens (primary N) is 1. The van der Waals surface area contributed by atoms with Crippen LogP contribution < -0.4 is 11.1 Å². The third-order valence-electron chi connectivity index (χ3n) is 3.08. The molecule has 4 nitrogen and oxygen atoms in total. The summed E-state index contributed by atoms with van der Waals surface area (Å²) in [6, 6.07) is 6.69. The highest BCUT2D eigenvalue weighted by Gasteiger charge is 2.33. The zero-order valence-electron chi connectivity index (χ0n) is 10.5. The van der Waals surface area contributed by atoms with Crippen molar-refractivity contribution in [2.24, 2.45) is 5.73 Å². The van der Waals surface area contributed by atoms with Crippen LogP contribution in [0.5, 0.6) is 5.75 Å². The second kappa shape index (κ2) is 5.19. The van der Waals surface area contributed by atoms with Crippen molar-refractivity contribution < 1.29 is 9.90 Å². The van der Waals surface area contributed by atoms with Gasteiger partial charge in [-0.25, -0.2) is 0 Å². The Bertz CT molecular complexity index is 389. The first kappa shape index (κ1) is 13.5. The lowest BCUT2D eigenvalue weighted by atomic mass is 9.90.